The molecule has 0 aliphatic carbocycles. The fourth-order valence-electron chi connectivity index (χ4n) is 0.550. The quantitative estimate of drug-likeness (QED) is 0.535. The number of carbonyl (C=O) groups excluding carboxylic acids is 1. The van der Waals surface area contributed by atoms with Crippen LogP contribution in [0.2, 0.25) is 0 Å². The van der Waals surface area contributed by atoms with Crippen LogP contribution in [0.5, 0.6) is 0 Å². The lowest BCUT2D eigenvalue weighted by molar-refractivity contribution is -0.617. The van der Waals surface area contributed by atoms with E-state index in [2.05, 4.69) is 0 Å². The molecule has 0 heterocycles. The zero-order valence-corrected chi connectivity index (χ0v) is 7.10. The molecule has 3 heteroatoms. The first-order valence-corrected chi connectivity index (χ1v) is 3.45. The van der Waals surface area contributed by atoms with Gasteiger partial charge >= 0.3 is 5.97 Å². The maximum atomic E-state index is 10.8. The van der Waals surface area contributed by atoms with E-state index in [1.165, 1.54) is 0 Å². The van der Waals surface area contributed by atoms with Gasteiger partial charge in [0.25, 0.3) is 0 Å². The van der Waals surface area contributed by atoms with Crippen LogP contribution in [0.1, 0.15) is 20.8 Å². The minimum Gasteiger partial charge on any atom is -0.456 e. The minimum absolute atomic E-state index is 0.157. The van der Waals surface area contributed by atoms with Crippen molar-refractivity contribution in [2.24, 2.45) is 0 Å². The summed E-state index contributed by atoms with van der Waals surface area (Å²) >= 11 is 0. The SMILES string of the molecule is C[NH2+]CC(=O)OC(C)(C)C. The van der Waals surface area contributed by atoms with E-state index in [1.54, 1.807) is 5.32 Å². The normalized spacial score (nSPS) is 11.2. The molecule has 0 aliphatic rings. The maximum Gasteiger partial charge on any atom is 0.362 e. The summed E-state index contributed by atoms with van der Waals surface area (Å²) in [7, 11) is 1.84. The average Bonchev–Trinajstić information content (AvgIpc) is 1.59. The van der Waals surface area contributed by atoms with Crippen LogP contribution in [0.15, 0.2) is 0 Å². The fraction of sp³-hybridized carbons (Fsp3) is 0.857. The Morgan fingerprint density at radius 1 is 1.50 bits per heavy atom. The van der Waals surface area contributed by atoms with Gasteiger partial charge in [0.2, 0.25) is 0 Å². The van der Waals surface area contributed by atoms with Crippen LogP contribution in [-0.4, -0.2) is 25.2 Å². The van der Waals surface area contributed by atoms with Crippen molar-refractivity contribution in [1.82, 2.24) is 0 Å². The van der Waals surface area contributed by atoms with Crippen LogP contribution in [-0.2, 0) is 9.53 Å². The van der Waals surface area contributed by atoms with E-state index in [9.17, 15) is 4.79 Å². The topological polar surface area (TPSA) is 42.9 Å². The molecule has 0 fully saturated rings. The molecule has 3 nitrogen and oxygen atoms in total. The molecule has 0 rings (SSSR count). The van der Waals surface area contributed by atoms with Gasteiger partial charge in [-0.2, -0.15) is 0 Å². The highest BCUT2D eigenvalue weighted by atomic mass is 16.6. The molecular weight excluding hydrogens is 130 g/mol. The van der Waals surface area contributed by atoms with Crippen molar-refractivity contribution in [3.63, 3.8) is 0 Å². The third-order valence-electron chi connectivity index (χ3n) is 0.791. The Bertz CT molecular complexity index is 115. The van der Waals surface area contributed by atoms with Gasteiger partial charge in [-0.25, -0.2) is 4.79 Å². The molecule has 0 bridgehead atoms. The highest BCUT2D eigenvalue weighted by molar-refractivity contribution is 5.70. The number of carbonyl (C=O) groups is 1. The first-order chi connectivity index (χ1) is 4.45. The van der Waals surface area contributed by atoms with Gasteiger partial charge < -0.3 is 10.1 Å². The smallest absolute Gasteiger partial charge is 0.362 e. The Morgan fingerprint density at radius 3 is 2.30 bits per heavy atom. The molecule has 0 aromatic carbocycles. The predicted molar refractivity (Wildman–Crippen MR) is 38.6 cm³/mol. The summed E-state index contributed by atoms with van der Waals surface area (Å²) in [6, 6.07) is 0. The molecular formula is C7H16NO2+. The molecule has 0 amide bonds. The maximum absolute atomic E-state index is 10.8. The van der Waals surface area contributed by atoms with Gasteiger partial charge in [0.1, 0.15) is 5.60 Å². The van der Waals surface area contributed by atoms with Crippen molar-refractivity contribution < 1.29 is 14.8 Å². The Balaban J connectivity index is 3.58. The first kappa shape index (κ1) is 9.43. The van der Waals surface area contributed by atoms with E-state index < -0.39 is 0 Å². The molecule has 0 aliphatic heterocycles. The second kappa shape index (κ2) is 3.56. The number of hydrogen-bond donors (Lipinski definition) is 1. The van der Waals surface area contributed by atoms with Crippen LogP contribution in [0.4, 0.5) is 0 Å². The van der Waals surface area contributed by atoms with Crippen molar-refractivity contribution in [2.45, 2.75) is 26.4 Å². The van der Waals surface area contributed by atoms with Crippen molar-refractivity contribution in [1.29, 1.82) is 0 Å². The van der Waals surface area contributed by atoms with E-state index in [-0.39, 0.29) is 11.6 Å². The van der Waals surface area contributed by atoms with Gasteiger partial charge in [-0.05, 0) is 20.8 Å². The number of nitrogens with two attached hydrogens (primary N) is 1. The summed E-state index contributed by atoms with van der Waals surface area (Å²) in [5, 5.41) is 1.79. The molecule has 10 heavy (non-hydrogen) atoms. The Hall–Kier alpha value is -0.570. The molecule has 0 spiro atoms. The van der Waals surface area contributed by atoms with Crippen LogP contribution in [0.25, 0.3) is 0 Å². The number of ether oxygens (including phenoxy) is 1. The molecule has 0 aromatic rings. The number of likely N-dealkylation sites (N-methyl/N-ethyl adjacent to an activating group) is 1. The average molecular weight is 146 g/mol. The van der Waals surface area contributed by atoms with Gasteiger partial charge in [-0.3, -0.25) is 0 Å². The third kappa shape index (κ3) is 5.56. The number of rotatable bonds is 2. The van der Waals surface area contributed by atoms with Crippen LogP contribution in [0, 0.1) is 0 Å². The Morgan fingerprint density at radius 2 is 2.00 bits per heavy atom. The Labute approximate surface area is 61.8 Å². The lowest BCUT2D eigenvalue weighted by atomic mass is 10.2. The monoisotopic (exact) mass is 146 g/mol. The van der Waals surface area contributed by atoms with Crippen LogP contribution < -0.4 is 5.32 Å². The summed E-state index contributed by atoms with van der Waals surface area (Å²) in [6.45, 7) is 5.99. The number of hydrogen-bond acceptors (Lipinski definition) is 2. The molecule has 0 radical (unpaired) electrons. The van der Waals surface area contributed by atoms with Gasteiger partial charge in [0.15, 0.2) is 6.54 Å². The van der Waals surface area contributed by atoms with E-state index in [0.29, 0.717) is 6.54 Å². The van der Waals surface area contributed by atoms with Crippen LogP contribution >= 0.6 is 0 Å². The molecule has 0 saturated carbocycles. The lowest BCUT2D eigenvalue weighted by Gasteiger charge is -2.18. The summed E-state index contributed by atoms with van der Waals surface area (Å²) in [5.41, 5.74) is -0.347. The van der Waals surface area contributed by atoms with Crippen molar-refractivity contribution in [3.8, 4) is 0 Å². The third-order valence-corrected chi connectivity index (χ3v) is 0.791. The summed E-state index contributed by atoms with van der Waals surface area (Å²) in [5.74, 6) is -0.157. The molecule has 60 valence electrons. The number of quaternary nitrogens is 1. The second-order valence-electron chi connectivity index (χ2n) is 3.20. The minimum atomic E-state index is -0.347. The molecule has 0 unspecified atom stereocenters. The number of esters is 1. The van der Waals surface area contributed by atoms with E-state index in [4.69, 9.17) is 4.74 Å². The van der Waals surface area contributed by atoms with E-state index >= 15 is 0 Å². The van der Waals surface area contributed by atoms with Crippen LogP contribution in [0.3, 0.4) is 0 Å². The van der Waals surface area contributed by atoms with Gasteiger partial charge in [-0.15, -0.1) is 0 Å². The summed E-state index contributed by atoms with van der Waals surface area (Å²) < 4.78 is 5.01. The van der Waals surface area contributed by atoms with E-state index in [0.717, 1.165) is 0 Å². The molecule has 2 N–H and O–H groups in total. The standard InChI is InChI=1S/C7H15NO2/c1-7(2,3)10-6(9)5-8-4/h8H,5H2,1-4H3/p+1. The van der Waals surface area contributed by atoms with Crippen molar-refractivity contribution >= 4 is 5.97 Å². The zero-order valence-electron chi connectivity index (χ0n) is 7.10. The summed E-state index contributed by atoms with van der Waals surface area (Å²) in [4.78, 5) is 10.8. The lowest BCUT2D eigenvalue weighted by Crippen LogP contribution is -2.81. The molecule has 0 aromatic heterocycles. The largest absolute Gasteiger partial charge is 0.456 e. The second-order valence-corrected chi connectivity index (χ2v) is 3.20. The van der Waals surface area contributed by atoms with Crippen molar-refractivity contribution in [2.75, 3.05) is 13.6 Å². The summed E-state index contributed by atoms with van der Waals surface area (Å²) in [6.07, 6.45) is 0. The highest BCUT2D eigenvalue weighted by Gasteiger charge is 2.15. The zero-order chi connectivity index (χ0) is 8.20. The molecule has 0 saturated heterocycles. The Kier molecular flexibility index (Phi) is 3.36. The van der Waals surface area contributed by atoms with Gasteiger partial charge in [-0.1, -0.05) is 0 Å². The molecule has 0 atom stereocenters. The van der Waals surface area contributed by atoms with Crippen molar-refractivity contribution in [3.05, 3.63) is 0 Å². The highest BCUT2D eigenvalue weighted by Crippen LogP contribution is 2.05. The van der Waals surface area contributed by atoms with Gasteiger partial charge in [0, 0.05) is 0 Å². The first-order valence-electron chi connectivity index (χ1n) is 3.45. The fourth-order valence-corrected chi connectivity index (χ4v) is 0.550. The van der Waals surface area contributed by atoms with E-state index in [1.807, 2.05) is 27.8 Å². The predicted octanol–water partition coefficient (Wildman–Crippen LogP) is -0.479. The van der Waals surface area contributed by atoms with Gasteiger partial charge in [0.05, 0.1) is 7.05 Å².